The summed E-state index contributed by atoms with van der Waals surface area (Å²) in [5.74, 6) is -1.18. The number of ether oxygens (including phenoxy) is 1. The van der Waals surface area contributed by atoms with Crippen LogP contribution in [0.1, 0.15) is 35.1 Å². The van der Waals surface area contributed by atoms with Gasteiger partial charge in [-0.1, -0.05) is 83.9 Å². The molecule has 0 bridgehead atoms. The van der Waals surface area contributed by atoms with E-state index >= 15 is 0 Å². The second-order valence-electron chi connectivity index (χ2n) is 7.26. The van der Waals surface area contributed by atoms with E-state index < -0.39 is 18.1 Å². The standard InChI is InChI=1S/C24H19Cl2NO4/c25-20-11-5-10-18(23(20)26)21(12-22(28)29)27-24(30)31-13-19-16-8-3-1-6-14(16)15-7-2-4-9-17(15)19/h1-11,19,21H,12-13H2,(H,27,30)(H,28,29)/t21-/m1/s1. The Kier molecular flexibility index (Phi) is 6.16. The molecule has 3 aromatic carbocycles. The lowest BCUT2D eigenvalue weighted by atomic mass is 9.98. The molecule has 1 aliphatic carbocycles. The summed E-state index contributed by atoms with van der Waals surface area (Å²) in [5.41, 5.74) is 4.86. The third-order valence-electron chi connectivity index (χ3n) is 5.37. The Morgan fingerprint density at radius 3 is 2.16 bits per heavy atom. The van der Waals surface area contributed by atoms with Crippen molar-refractivity contribution in [1.82, 2.24) is 5.32 Å². The molecule has 0 saturated carbocycles. The summed E-state index contributed by atoms with van der Waals surface area (Å²) in [6.45, 7) is 0.128. The van der Waals surface area contributed by atoms with Gasteiger partial charge in [-0.3, -0.25) is 4.79 Å². The molecular formula is C24H19Cl2NO4. The van der Waals surface area contributed by atoms with E-state index in [2.05, 4.69) is 17.4 Å². The van der Waals surface area contributed by atoms with Crippen LogP contribution in [0, 0.1) is 0 Å². The number of aliphatic carboxylic acids is 1. The molecule has 0 aromatic heterocycles. The topological polar surface area (TPSA) is 75.6 Å². The summed E-state index contributed by atoms with van der Waals surface area (Å²) in [5, 5.41) is 12.4. The number of benzene rings is 3. The first-order valence-electron chi connectivity index (χ1n) is 9.73. The van der Waals surface area contributed by atoms with Gasteiger partial charge in [0.2, 0.25) is 0 Å². The van der Waals surface area contributed by atoms with Crippen molar-refractivity contribution in [2.75, 3.05) is 6.61 Å². The van der Waals surface area contributed by atoms with E-state index in [-0.39, 0.29) is 29.0 Å². The van der Waals surface area contributed by atoms with Crippen molar-refractivity contribution in [2.45, 2.75) is 18.4 Å². The van der Waals surface area contributed by atoms with Crippen LogP contribution in [-0.2, 0) is 9.53 Å². The highest BCUT2D eigenvalue weighted by molar-refractivity contribution is 6.42. The van der Waals surface area contributed by atoms with Gasteiger partial charge in [-0.05, 0) is 33.9 Å². The number of carboxylic acids is 1. The highest BCUT2D eigenvalue weighted by Gasteiger charge is 2.29. The van der Waals surface area contributed by atoms with Crippen molar-refractivity contribution in [3.05, 3.63) is 93.5 Å². The number of nitrogens with one attached hydrogen (secondary N) is 1. The maximum Gasteiger partial charge on any atom is 0.407 e. The van der Waals surface area contributed by atoms with Crippen molar-refractivity contribution >= 4 is 35.3 Å². The Balaban J connectivity index is 1.50. The molecule has 3 aromatic rings. The number of hydrogen-bond donors (Lipinski definition) is 2. The van der Waals surface area contributed by atoms with Gasteiger partial charge in [0.05, 0.1) is 22.5 Å². The number of rotatable bonds is 6. The largest absolute Gasteiger partial charge is 0.481 e. The molecule has 0 spiro atoms. The van der Waals surface area contributed by atoms with E-state index in [4.69, 9.17) is 27.9 Å². The molecule has 158 valence electrons. The molecule has 0 radical (unpaired) electrons. The average molecular weight is 456 g/mol. The van der Waals surface area contributed by atoms with Crippen molar-refractivity contribution < 1.29 is 19.4 Å². The molecule has 0 fully saturated rings. The zero-order valence-electron chi connectivity index (χ0n) is 16.3. The molecule has 1 atom stereocenters. The van der Waals surface area contributed by atoms with Gasteiger partial charge in [0.15, 0.2) is 0 Å². The van der Waals surface area contributed by atoms with Crippen LogP contribution in [0.4, 0.5) is 4.79 Å². The van der Waals surface area contributed by atoms with Gasteiger partial charge in [0.1, 0.15) is 6.61 Å². The number of fused-ring (bicyclic) bond motifs is 3. The van der Waals surface area contributed by atoms with Crippen molar-refractivity contribution in [3.63, 3.8) is 0 Å². The second kappa shape index (κ2) is 9.00. The van der Waals surface area contributed by atoms with E-state index in [1.54, 1.807) is 18.2 Å². The third kappa shape index (κ3) is 4.38. The van der Waals surface area contributed by atoms with Crippen LogP contribution in [0.25, 0.3) is 11.1 Å². The number of carbonyl (C=O) groups is 2. The minimum absolute atomic E-state index is 0.0918. The maximum atomic E-state index is 12.6. The van der Waals surface area contributed by atoms with Gasteiger partial charge >= 0.3 is 12.1 Å². The molecule has 5 nitrogen and oxygen atoms in total. The van der Waals surface area contributed by atoms with Gasteiger partial charge < -0.3 is 15.2 Å². The zero-order chi connectivity index (χ0) is 22.0. The van der Waals surface area contributed by atoms with E-state index in [9.17, 15) is 14.7 Å². The quantitative estimate of drug-likeness (QED) is 0.474. The molecule has 4 rings (SSSR count). The number of carboxylic acid groups (broad SMARTS) is 1. The molecular weight excluding hydrogens is 437 g/mol. The lowest BCUT2D eigenvalue weighted by molar-refractivity contribution is -0.137. The van der Waals surface area contributed by atoms with E-state index in [0.717, 1.165) is 22.3 Å². The highest BCUT2D eigenvalue weighted by Crippen LogP contribution is 2.44. The average Bonchev–Trinajstić information content (AvgIpc) is 3.07. The predicted molar refractivity (Wildman–Crippen MR) is 120 cm³/mol. The van der Waals surface area contributed by atoms with Gasteiger partial charge in [0, 0.05) is 5.92 Å². The minimum atomic E-state index is -1.08. The molecule has 7 heteroatoms. The first kappa shape index (κ1) is 21.2. The number of alkyl carbamates (subject to hydrolysis) is 1. The third-order valence-corrected chi connectivity index (χ3v) is 6.20. The molecule has 0 heterocycles. The minimum Gasteiger partial charge on any atom is -0.481 e. The highest BCUT2D eigenvalue weighted by atomic mass is 35.5. The first-order valence-corrected chi connectivity index (χ1v) is 10.5. The second-order valence-corrected chi connectivity index (χ2v) is 8.05. The molecule has 1 aliphatic rings. The Morgan fingerprint density at radius 2 is 1.55 bits per heavy atom. The molecule has 0 saturated heterocycles. The van der Waals surface area contributed by atoms with Gasteiger partial charge in [-0.25, -0.2) is 4.79 Å². The van der Waals surface area contributed by atoms with Crippen molar-refractivity contribution in [2.24, 2.45) is 0 Å². The van der Waals surface area contributed by atoms with Crippen LogP contribution in [-0.4, -0.2) is 23.8 Å². The summed E-state index contributed by atoms with van der Waals surface area (Å²) in [6.07, 6.45) is -1.08. The van der Waals surface area contributed by atoms with Crippen LogP contribution >= 0.6 is 23.2 Å². The zero-order valence-corrected chi connectivity index (χ0v) is 17.9. The van der Waals surface area contributed by atoms with Crippen LogP contribution in [0.2, 0.25) is 10.0 Å². The SMILES string of the molecule is O=C(O)C[C@@H](NC(=O)OCC1c2ccccc2-c2ccccc21)c1cccc(Cl)c1Cl. The lowest BCUT2D eigenvalue weighted by Crippen LogP contribution is -2.32. The normalized spacial score (nSPS) is 13.2. The molecule has 31 heavy (non-hydrogen) atoms. The molecule has 2 N–H and O–H groups in total. The Labute approximate surface area is 189 Å². The monoisotopic (exact) mass is 455 g/mol. The van der Waals surface area contributed by atoms with Gasteiger partial charge in [-0.2, -0.15) is 0 Å². The number of amides is 1. The molecule has 0 aliphatic heterocycles. The van der Waals surface area contributed by atoms with Crippen LogP contribution in [0.5, 0.6) is 0 Å². The molecule has 1 amide bonds. The molecule has 0 unspecified atom stereocenters. The predicted octanol–water partition coefficient (Wildman–Crippen LogP) is 6.05. The maximum absolute atomic E-state index is 12.6. The fourth-order valence-corrected chi connectivity index (χ4v) is 4.42. The van der Waals surface area contributed by atoms with Crippen LogP contribution in [0.3, 0.4) is 0 Å². The number of carbonyl (C=O) groups excluding carboxylic acids is 1. The van der Waals surface area contributed by atoms with Crippen molar-refractivity contribution in [1.29, 1.82) is 0 Å². The summed E-state index contributed by atoms with van der Waals surface area (Å²) >= 11 is 12.3. The summed E-state index contributed by atoms with van der Waals surface area (Å²) in [7, 11) is 0. The summed E-state index contributed by atoms with van der Waals surface area (Å²) in [6, 6.07) is 20.1. The Bertz CT molecular complexity index is 1100. The van der Waals surface area contributed by atoms with Gasteiger partial charge in [-0.15, -0.1) is 0 Å². The smallest absolute Gasteiger partial charge is 0.407 e. The first-order chi connectivity index (χ1) is 15.0. The fraction of sp³-hybridized carbons (Fsp3) is 0.167. The number of halogens is 2. The lowest BCUT2D eigenvalue weighted by Gasteiger charge is -2.20. The van der Waals surface area contributed by atoms with E-state index in [1.165, 1.54) is 0 Å². The van der Waals surface area contributed by atoms with E-state index in [1.807, 2.05) is 36.4 Å². The van der Waals surface area contributed by atoms with Crippen LogP contribution < -0.4 is 5.32 Å². The number of hydrogen-bond acceptors (Lipinski definition) is 3. The van der Waals surface area contributed by atoms with Crippen molar-refractivity contribution in [3.8, 4) is 11.1 Å². The van der Waals surface area contributed by atoms with Crippen LogP contribution in [0.15, 0.2) is 66.7 Å². The fourth-order valence-electron chi connectivity index (χ4n) is 3.99. The summed E-state index contributed by atoms with van der Waals surface area (Å²) < 4.78 is 5.52. The Hall–Kier alpha value is -3.02. The van der Waals surface area contributed by atoms with E-state index in [0.29, 0.717) is 5.56 Å². The Morgan fingerprint density at radius 1 is 0.935 bits per heavy atom. The summed E-state index contributed by atoms with van der Waals surface area (Å²) in [4.78, 5) is 23.9. The van der Waals surface area contributed by atoms with Gasteiger partial charge in [0.25, 0.3) is 0 Å².